The summed E-state index contributed by atoms with van der Waals surface area (Å²) in [6, 6.07) is 20.7. The van der Waals surface area contributed by atoms with Gasteiger partial charge in [-0.05, 0) is 51.7 Å². The Morgan fingerprint density at radius 1 is 0.960 bits per heavy atom. The lowest BCUT2D eigenvalue weighted by molar-refractivity contribution is 0.475. The Bertz CT molecular complexity index is 1030. The van der Waals surface area contributed by atoms with E-state index in [0.717, 1.165) is 22.0 Å². The minimum Gasteiger partial charge on any atom is -0.508 e. The predicted octanol–water partition coefficient (Wildman–Crippen LogP) is 2.97. The molecule has 3 aromatic carbocycles. The highest BCUT2D eigenvalue weighted by molar-refractivity contribution is 5.90. The fraction of sp³-hybridized carbons (Fsp3) is 0. The number of nitrogens with zero attached hydrogens (tertiary/aromatic N) is 5. The molecule has 25 heavy (non-hydrogen) atoms. The Hall–Kier alpha value is -3.74. The molecule has 0 aliphatic heterocycles. The Morgan fingerprint density at radius 3 is 2.64 bits per heavy atom. The van der Waals surface area contributed by atoms with Gasteiger partial charge in [0.15, 0.2) is 0 Å². The maximum absolute atomic E-state index is 9.29. The fourth-order valence-electron chi connectivity index (χ4n) is 2.54. The Labute approximate surface area is 143 Å². The van der Waals surface area contributed by atoms with Crippen LogP contribution in [0, 0.1) is 0 Å². The van der Waals surface area contributed by atoms with Gasteiger partial charge < -0.3 is 5.11 Å². The number of aromatic nitrogens is 4. The lowest BCUT2D eigenvalue weighted by Gasteiger charge is -2.07. The van der Waals surface area contributed by atoms with Gasteiger partial charge in [-0.2, -0.15) is 9.78 Å². The first-order chi connectivity index (χ1) is 12.3. The van der Waals surface area contributed by atoms with Crippen LogP contribution in [0.2, 0.25) is 0 Å². The van der Waals surface area contributed by atoms with Crippen molar-refractivity contribution in [1.82, 2.24) is 20.2 Å². The molecule has 1 aromatic heterocycles. The zero-order chi connectivity index (χ0) is 17.1. The molecule has 0 unspecified atom stereocenters. The van der Waals surface area contributed by atoms with Gasteiger partial charge in [-0.3, -0.25) is 0 Å². The lowest BCUT2D eigenvalue weighted by atomic mass is 10.1. The number of nitrogens with one attached hydrogen (secondary N) is 1. The summed E-state index contributed by atoms with van der Waals surface area (Å²) in [5.41, 5.74) is 4.56. The molecule has 7 nitrogen and oxygen atoms in total. The molecule has 0 spiro atoms. The summed E-state index contributed by atoms with van der Waals surface area (Å²) in [6.07, 6.45) is 1.63. The van der Waals surface area contributed by atoms with E-state index in [1.165, 1.54) is 0 Å². The molecule has 0 saturated heterocycles. The number of rotatable bonds is 4. The van der Waals surface area contributed by atoms with Crippen LogP contribution in [0.1, 0.15) is 5.56 Å². The summed E-state index contributed by atoms with van der Waals surface area (Å²) in [6.45, 7) is 0. The van der Waals surface area contributed by atoms with Gasteiger partial charge in [-0.25, -0.2) is 5.43 Å². The highest BCUT2D eigenvalue weighted by Crippen LogP contribution is 2.23. The molecule has 0 fully saturated rings. The number of tetrazole rings is 1. The molecule has 0 aliphatic carbocycles. The van der Waals surface area contributed by atoms with Crippen LogP contribution in [0.3, 0.4) is 0 Å². The number of phenols is 1. The second kappa shape index (κ2) is 6.40. The summed E-state index contributed by atoms with van der Waals surface area (Å²) in [5.74, 6) is 0.622. The minimum absolute atomic E-state index is 0.213. The Balaban J connectivity index is 1.63. The van der Waals surface area contributed by atoms with Crippen molar-refractivity contribution in [3.63, 3.8) is 0 Å². The summed E-state index contributed by atoms with van der Waals surface area (Å²) in [4.78, 5) is 0. The van der Waals surface area contributed by atoms with Crippen molar-refractivity contribution in [2.75, 3.05) is 5.43 Å². The van der Waals surface area contributed by atoms with Crippen molar-refractivity contribution < 1.29 is 5.11 Å². The third kappa shape index (κ3) is 3.02. The van der Waals surface area contributed by atoms with E-state index in [1.54, 1.807) is 35.2 Å². The number of anilines is 1. The first kappa shape index (κ1) is 14.8. The van der Waals surface area contributed by atoms with Gasteiger partial charge in [-0.1, -0.05) is 41.5 Å². The SMILES string of the molecule is Oc1ccc(/C=N/Nc2nnnn2-c2cccc3ccccc23)cc1. The van der Waals surface area contributed by atoms with Gasteiger partial charge in [-0.15, -0.1) is 0 Å². The molecule has 0 aliphatic rings. The van der Waals surface area contributed by atoms with Crippen molar-refractivity contribution in [3.05, 3.63) is 72.3 Å². The lowest BCUT2D eigenvalue weighted by Crippen LogP contribution is -2.04. The monoisotopic (exact) mass is 330 g/mol. The smallest absolute Gasteiger partial charge is 0.268 e. The highest BCUT2D eigenvalue weighted by Gasteiger charge is 2.10. The van der Waals surface area contributed by atoms with Gasteiger partial charge in [0.2, 0.25) is 0 Å². The predicted molar refractivity (Wildman–Crippen MR) is 96.0 cm³/mol. The topological polar surface area (TPSA) is 88.2 Å². The van der Waals surface area contributed by atoms with Crippen LogP contribution in [-0.4, -0.2) is 31.5 Å². The summed E-state index contributed by atoms with van der Waals surface area (Å²) in [7, 11) is 0. The molecule has 0 saturated carbocycles. The van der Waals surface area contributed by atoms with Crippen molar-refractivity contribution in [3.8, 4) is 11.4 Å². The van der Waals surface area contributed by atoms with Crippen molar-refractivity contribution in [1.29, 1.82) is 0 Å². The number of fused-ring (bicyclic) bond motifs is 1. The molecule has 4 aromatic rings. The zero-order valence-electron chi connectivity index (χ0n) is 13.1. The molecule has 122 valence electrons. The van der Waals surface area contributed by atoms with Crippen LogP contribution in [-0.2, 0) is 0 Å². The van der Waals surface area contributed by atoms with E-state index in [9.17, 15) is 5.11 Å². The number of phenolic OH excluding ortho intramolecular Hbond substituents is 1. The first-order valence-corrected chi connectivity index (χ1v) is 7.66. The largest absolute Gasteiger partial charge is 0.508 e. The summed E-state index contributed by atoms with van der Waals surface area (Å²) >= 11 is 0. The van der Waals surface area contributed by atoms with E-state index in [0.29, 0.717) is 5.95 Å². The van der Waals surface area contributed by atoms with Crippen molar-refractivity contribution >= 4 is 22.9 Å². The third-order valence-corrected chi connectivity index (χ3v) is 3.74. The molecule has 4 rings (SSSR count). The third-order valence-electron chi connectivity index (χ3n) is 3.74. The number of aromatic hydroxyl groups is 1. The molecule has 0 bridgehead atoms. The molecule has 0 radical (unpaired) electrons. The van der Waals surface area contributed by atoms with Gasteiger partial charge in [0, 0.05) is 5.39 Å². The standard InChI is InChI=1S/C18H14N6O/c25-15-10-8-13(9-11-15)12-19-20-18-21-22-23-24(18)17-7-3-5-14-4-1-2-6-16(14)17/h1-12,25H,(H,20,21,23)/b19-12+. The number of hydrazone groups is 1. The van der Waals surface area contributed by atoms with Crippen LogP contribution in [0.4, 0.5) is 5.95 Å². The number of hydrogen-bond donors (Lipinski definition) is 2. The second-order valence-corrected chi connectivity index (χ2v) is 5.37. The average Bonchev–Trinajstić information content (AvgIpc) is 3.11. The second-order valence-electron chi connectivity index (χ2n) is 5.37. The quantitative estimate of drug-likeness (QED) is 0.444. The van der Waals surface area contributed by atoms with E-state index >= 15 is 0 Å². The number of hydrogen-bond acceptors (Lipinski definition) is 6. The molecular weight excluding hydrogens is 316 g/mol. The number of benzene rings is 3. The summed E-state index contributed by atoms with van der Waals surface area (Å²) < 4.78 is 1.61. The fourth-order valence-corrected chi connectivity index (χ4v) is 2.54. The average molecular weight is 330 g/mol. The van der Waals surface area contributed by atoms with E-state index < -0.39 is 0 Å². The van der Waals surface area contributed by atoms with Gasteiger partial charge >= 0.3 is 0 Å². The zero-order valence-corrected chi connectivity index (χ0v) is 13.1. The molecule has 2 N–H and O–H groups in total. The van der Waals surface area contributed by atoms with Crippen molar-refractivity contribution in [2.45, 2.75) is 0 Å². The van der Waals surface area contributed by atoms with E-state index in [4.69, 9.17) is 0 Å². The van der Waals surface area contributed by atoms with Gasteiger partial charge in [0.25, 0.3) is 5.95 Å². The Morgan fingerprint density at radius 2 is 1.76 bits per heavy atom. The molecule has 7 heteroatoms. The highest BCUT2D eigenvalue weighted by atomic mass is 16.3. The van der Waals surface area contributed by atoms with Crippen LogP contribution in [0.5, 0.6) is 5.75 Å². The van der Waals surface area contributed by atoms with Crippen LogP contribution >= 0.6 is 0 Å². The van der Waals surface area contributed by atoms with Crippen LogP contribution in [0.15, 0.2) is 71.8 Å². The van der Waals surface area contributed by atoms with Crippen LogP contribution in [0.25, 0.3) is 16.5 Å². The van der Waals surface area contributed by atoms with E-state index in [-0.39, 0.29) is 5.75 Å². The van der Waals surface area contributed by atoms with Crippen LogP contribution < -0.4 is 5.43 Å². The first-order valence-electron chi connectivity index (χ1n) is 7.66. The van der Waals surface area contributed by atoms with E-state index in [2.05, 4.69) is 26.1 Å². The maximum Gasteiger partial charge on any atom is 0.268 e. The molecule has 0 amide bonds. The van der Waals surface area contributed by atoms with Gasteiger partial charge in [0.1, 0.15) is 5.75 Å². The molecular formula is C18H14N6O. The van der Waals surface area contributed by atoms with Gasteiger partial charge in [0.05, 0.1) is 11.9 Å². The summed E-state index contributed by atoms with van der Waals surface area (Å²) in [5, 5.41) is 27.4. The molecule has 1 heterocycles. The van der Waals surface area contributed by atoms with E-state index in [1.807, 2.05) is 42.5 Å². The minimum atomic E-state index is 0.213. The maximum atomic E-state index is 9.29. The molecule has 0 atom stereocenters. The normalized spacial score (nSPS) is 11.2. The van der Waals surface area contributed by atoms with Crippen molar-refractivity contribution in [2.24, 2.45) is 5.10 Å². The Kier molecular flexibility index (Phi) is 3.80.